The number of aromatic nitrogens is 4. The maximum atomic E-state index is 13.2. The Labute approximate surface area is 161 Å². The quantitative estimate of drug-likeness (QED) is 0.596. The molecule has 2 aromatic carbocycles. The maximum absolute atomic E-state index is 13.2. The van der Waals surface area contributed by atoms with E-state index in [0.717, 1.165) is 11.3 Å². The summed E-state index contributed by atoms with van der Waals surface area (Å²) in [6.45, 7) is 3.90. The number of anilines is 1. The van der Waals surface area contributed by atoms with Gasteiger partial charge < -0.3 is 4.90 Å². The number of benzene rings is 2. The minimum atomic E-state index is -0.238. The zero-order chi connectivity index (χ0) is 19.7. The van der Waals surface area contributed by atoms with E-state index in [1.54, 1.807) is 24.0 Å². The molecule has 4 rings (SSSR count). The molecule has 1 N–H and O–H groups in total. The Hall–Kier alpha value is -3.74. The van der Waals surface area contributed by atoms with E-state index in [2.05, 4.69) is 15.1 Å². The van der Waals surface area contributed by atoms with Crippen LogP contribution in [0.3, 0.4) is 0 Å². The summed E-state index contributed by atoms with van der Waals surface area (Å²) < 4.78 is 1.28. The molecule has 0 radical (unpaired) electrons. The standard InChI is InChI=1S/C21H19N5O2/c1-14-7-6-10-17(11-14)25(20(28)16-8-4-3-5-9-16)13-18-23-21-22-15(2)12-19(27)26(21)24-18/h3-12H,13H2,1-2H3,(H,22,23,24). The molecule has 7 nitrogen and oxygen atoms in total. The average molecular weight is 373 g/mol. The fraction of sp³-hybridized carbons (Fsp3) is 0.143. The van der Waals surface area contributed by atoms with Crippen LogP contribution in [0.15, 0.2) is 65.5 Å². The number of H-pyrrole nitrogens is 1. The fourth-order valence-electron chi connectivity index (χ4n) is 3.07. The van der Waals surface area contributed by atoms with Gasteiger partial charge in [-0.1, -0.05) is 30.3 Å². The number of aromatic amines is 1. The molecule has 0 aliphatic rings. The number of carbonyl (C=O) groups is 1. The number of rotatable bonds is 4. The van der Waals surface area contributed by atoms with Gasteiger partial charge in [-0.05, 0) is 43.7 Å². The first-order valence-electron chi connectivity index (χ1n) is 8.90. The van der Waals surface area contributed by atoms with Gasteiger partial charge in [0.15, 0.2) is 0 Å². The van der Waals surface area contributed by atoms with E-state index in [-0.39, 0.29) is 23.8 Å². The fourth-order valence-corrected chi connectivity index (χ4v) is 3.07. The highest BCUT2D eigenvalue weighted by Crippen LogP contribution is 2.21. The van der Waals surface area contributed by atoms with Crippen molar-refractivity contribution in [3.8, 4) is 0 Å². The zero-order valence-electron chi connectivity index (χ0n) is 15.6. The molecule has 2 heterocycles. The molecular formula is C21H19N5O2. The Morgan fingerprint density at radius 2 is 1.82 bits per heavy atom. The lowest BCUT2D eigenvalue weighted by atomic mass is 10.1. The highest BCUT2D eigenvalue weighted by Gasteiger charge is 2.20. The number of carbonyl (C=O) groups excluding carboxylic acids is 1. The Morgan fingerprint density at radius 3 is 2.57 bits per heavy atom. The third-order valence-electron chi connectivity index (χ3n) is 4.39. The lowest BCUT2D eigenvalue weighted by molar-refractivity contribution is 0.0984. The van der Waals surface area contributed by atoms with E-state index in [1.165, 1.54) is 10.6 Å². The average Bonchev–Trinajstić information content (AvgIpc) is 3.09. The van der Waals surface area contributed by atoms with Gasteiger partial charge in [0.25, 0.3) is 17.2 Å². The van der Waals surface area contributed by atoms with E-state index in [1.807, 2.05) is 49.4 Å². The van der Waals surface area contributed by atoms with Crippen molar-refractivity contribution in [1.82, 2.24) is 19.6 Å². The van der Waals surface area contributed by atoms with Crippen LogP contribution >= 0.6 is 0 Å². The number of amides is 1. The first-order chi connectivity index (χ1) is 13.5. The maximum Gasteiger partial charge on any atom is 0.274 e. The van der Waals surface area contributed by atoms with Gasteiger partial charge in [-0.2, -0.15) is 9.50 Å². The van der Waals surface area contributed by atoms with Crippen molar-refractivity contribution in [2.75, 3.05) is 4.90 Å². The zero-order valence-corrected chi connectivity index (χ0v) is 15.6. The molecule has 1 amide bonds. The number of fused-ring (bicyclic) bond motifs is 1. The molecule has 0 bridgehead atoms. The van der Waals surface area contributed by atoms with Crippen LogP contribution in [0.25, 0.3) is 5.78 Å². The molecule has 4 aromatic rings. The highest BCUT2D eigenvalue weighted by molar-refractivity contribution is 6.05. The SMILES string of the molecule is Cc1cccc(N(Cc2nc3nc(C)cc(=O)n3[nH]2)C(=O)c2ccccc2)c1. The van der Waals surface area contributed by atoms with Gasteiger partial charge in [0.05, 0.1) is 6.54 Å². The normalized spacial score (nSPS) is 10.9. The minimum absolute atomic E-state index is 0.150. The van der Waals surface area contributed by atoms with Crippen molar-refractivity contribution in [2.24, 2.45) is 0 Å². The first-order valence-corrected chi connectivity index (χ1v) is 8.90. The summed E-state index contributed by atoms with van der Waals surface area (Å²) in [5.74, 6) is 0.612. The first kappa shape index (κ1) is 17.7. The highest BCUT2D eigenvalue weighted by atomic mass is 16.2. The summed E-state index contributed by atoms with van der Waals surface area (Å²) in [7, 11) is 0. The van der Waals surface area contributed by atoms with Gasteiger partial charge in [0, 0.05) is 23.0 Å². The van der Waals surface area contributed by atoms with Crippen molar-refractivity contribution in [3.05, 3.63) is 93.7 Å². The number of nitrogens with one attached hydrogen (secondary N) is 1. The summed E-state index contributed by atoms with van der Waals surface area (Å²) in [5, 5.41) is 2.95. The molecule has 2 aromatic heterocycles. The lowest BCUT2D eigenvalue weighted by Gasteiger charge is -2.22. The summed E-state index contributed by atoms with van der Waals surface area (Å²) >= 11 is 0. The van der Waals surface area contributed by atoms with Crippen LogP contribution in [0.5, 0.6) is 0 Å². The summed E-state index contributed by atoms with van der Waals surface area (Å²) in [4.78, 5) is 35.6. The minimum Gasteiger partial charge on any atom is -0.301 e. The summed E-state index contributed by atoms with van der Waals surface area (Å²) in [6, 6.07) is 18.2. The van der Waals surface area contributed by atoms with Crippen molar-refractivity contribution in [1.29, 1.82) is 0 Å². The molecule has 0 spiro atoms. The van der Waals surface area contributed by atoms with E-state index >= 15 is 0 Å². The van der Waals surface area contributed by atoms with Crippen LogP contribution in [0.4, 0.5) is 5.69 Å². The molecule has 0 unspecified atom stereocenters. The molecular weight excluding hydrogens is 354 g/mol. The van der Waals surface area contributed by atoms with Gasteiger partial charge in [0.2, 0.25) is 0 Å². The van der Waals surface area contributed by atoms with Crippen molar-refractivity contribution < 1.29 is 4.79 Å². The van der Waals surface area contributed by atoms with E-state index in [4.69, 9.17) is 0 Å². The van der Waals surface area contributed by atoms with Crippen molar-refractivity contribution >= 4 is 17.4 Å². The topological polar surface area (TPSA) is 83.4 Å². The van der Waals surface area contributed by atoms with Gasteiger partial charge in [-0.25, -0.2) is 4.98 Å². The molecule has 0 aliphatic carbocycles. The Bertz CT molecular complexity index is 1210. The summed E-state index contributed by atoms with van der Waals surface area (Å²) in [5.41, 5.74) is 2.73. The van der Waals surface area contributed by atoms with Gasteiger partial charge >= 0.3 is 0 Å². The predicted octanol–water partition coefficient (Wildman–Crippen LogP) is 2.88. The molecule has 7 heteroatoms. The largest absolute Gasteiger partial charge is 0.301 e. The summed E-state index contributed by atoms with van der Waals surface area (Å²) in [6.07, 6.45) is 0. The van der Waals surface area contributed by atoms with Crippen LogP contribution in [-0.2, 0) is 6.54 Å². The molecule has 0 saturated heterocycles. The van der Waals surface area contributed by atoms with Crippen LogP contribution in [-0.4, -0.2) is 25.5 Å². The monoisotopic (exact) mass is 373 g/mol. The van der Waals surface area contributed by atoms with Crippen LogP contribution in [0.2, 0.25) is 0 Å². The van der Waals surface area contributed by atoms with Crippen molar-refractivity contribution in [2.45, 2.75) is 20.4 Å². The van der Waals surface area contributed by atoms with Crippen LogP contribution in [0, 0.1) is 13.8 Å². The van der Waals surface area contributed by atoms with E-state index in [9.17, 15) is 9.59 Å². The number of hydrogen-bond acceptors (Lipinski definition) is 4. The number of hydrogen-bond donors (Lipinski definition) is 1. The second-order valence-corrected chi connectivity index (χ2v) is 6.64. The number of aryl methyl sites for hydroxylation is 2. The number of nitrogens with zero attached hydrogens (tertiary/aromatic N) is 4. The van der Waals surface area contributed by atoms with E-state index < -0.39 is 0 Å². The molecule has 0 fully saturated rings. The third-order valence-corrected chi connectivity index (χ3v) is 4.39. The Kier molecular flexibility index (Phi) is 4.49. The second-order valence-electron chi connectivity index (χ2n) is 6.64. The molecule has 0 saturated carbocycles. The molecule has 0 aliphatic heterocycles. The van der Waals surface area contributed by atoms with Gasteiger partial charge in [0.1, 0.15) is 5.82 Å². The van der Waals surface area contributed by atoms with Gasteiger partial charge in [-0.15, -0.1) is 0 Å². The Balaban J connectivity index is 1.77. The lowest BCUT2D eigenvalue weighted by Crippen LogP contribution is -2.31. The second kappa shape index (κ2) is 7.11. The Morgan fingerprint density at radius 1 is 1.04 bits per heavy atom. The molecule has 0 atom stereocenters. The third kappa shape index (κ3) is 3.42. The predicted molar refractivity (Wildman–Crippen MR) is 106 cm³/mol. The molecule has 28 heavy (non-hydrogen) atoms. The van der Waals surface area contributed by atoms with Crippen molar-refractivity contribution in [3.63, 3.8) is 0 Å². The van der Waals surface area contributed by atoms with Crippen LogP contribution < -0.4 is 10.5 Å². The van der Waals surface area contributed by atoms with Crippen LogP contribution in [0.1, 0.15) is 27.4 Å². The smallest absolute Gasteiger partial charge is 0.274 e. The van der Waals surface area contributed by atoms with E-state index in [0.29, 0.717) is 17.1 Å². The molecule has 140 valence electrons. The van der Waals surface area contributed by atoms with Gasteiger partial charge in [-0.3, -0.25) is 14.7 Å².